The Bertz CT molecular complexity index is 1050. The van der Waals surface area contributed by atoms with Crippen molar-refractivity contribution in [3.63, 3.8) is 0 Å². The van der Waals surface area contributed by atoms with Crippen LogP contribution in [0.2, 0.25) is 0 Å². The fraction of sp³-hybridized carbons (Fsp3) is 0.0870. The summed E-state index contributed by atoms with van der Waals surface area (Å²) in [7, 11) is 0. The summed E-state index contributed by atoms with van der Waals surface area (Å²) >= 11 is 0. The molecule has 0 bridgehead atoms. The summed E-state index contributed by atoms with van der Waals surface area (Å²) in [6, 6.07) is 23.4. The Morgan fingerprint density at radius 1 is 0.786 bits per heavy atom. The van der Waals surface area contributed by atoms with Gasteiger partial charge in [-0.1, -0.05) is 48.5 Å². The average molecular weight is 370 g/mol. The fourth-order valence-electron chi connectivity index (χ4n) is 3.25. The Morgan fingerprint density at radius 3 is 2.14 bits per heavy atom. The SMILES string of the molecule is O=C(Nc1ccccc1)c1ccc2c(c1)C(=O)N(CCc1ccccc1)C2=O. The molecule has 0 unspecified atom stereocenters. The molecule has 4 rings (SSSR count). The highest BCUT2D eigenvalue weighted by atomic mass is 16.2. The first kappa shape index (κ1) is 17.7. The lowest BCUT2D eigenvalue weighted by atomic mass is 10.1. The third-order valence-corrected chi connectivity index (χ3v) is 4.73. The smallest absolute Gasteiger partial charge is 0.261 e. The minimum absolute atomic E-state index is 0.277. The average Bonchev–Trinajstić information content (AvgIpc) is 2.97. The van der Waals surface area contributed by atoms with Crippen LogP contribution in [0.4, 0.5) is 5.69 Å². The Kier molecular flexibility index (Phi) is 4.72. The summed E-state index contributed by atoms with van der Waals surface area (Å²) < 4.78 is 0. The first-order valence-electron chi connectivity index (χ1n) is 9.04. The van der Waals surface area contributed by atoms with Crippen molar-refractivity contribution in [3.8, 4) is 0 Å². The fourth-order valence-corrected chi connectivity index (χ4v) is 3.25. The molecule has 1 aliphatic rings. The van der Waals surface area contributed by atoms with Crippen molar-refractivity contribution < 1.29 is 14.4 Å². The van der Waals surface area contributed by atoms with Crippen LogP contribution in [0.15, 0.2) is 78.9 Å². The van der Waals surface area contributed by atoms with Gasteiger partial charge in [-0.15, -0.1) is 0 Å². The summed E-state index contributed by atoms with van der Waals surface area (Å²) in [6.45, 7) is 0.307. The molecule has 3 amide bonds. The Balaban J connectivity index is 1.51. The molecule has 0 saturated carbocycles. The van der Waals surface area contributed by atoms with Gasteiger partial charge in [0.2, 0.25) is 0 Å². The molecular formula is C23H18N2O3. The molecule has 1 aliphatic heterocycles. The molecule has 0 spiro atoms. The van der Waals surface area contributed by atoms with Gasteiger partial charge in [0.05, 0.1) is 11.1 Å². The highest BCUT2D eigenvalue weighted by molar-refractivity contribution is 6.22. The van der Waals surface area contributed by atoms with Crippen LogP contribution < -0.4 is 5.32 Å². The quantitative estimate of drug-likeness (QED) is 0.695. The van der Waals surface area contributed by atoms with Crippen LogP contribution in [0.3, 0.4) is 0 Å². The molecule has 0 aliphatic carbocycles. The van der Waals surface area contributed by atoms with Crippen LogP contribution in [-0.4, -0.2) is 29.2 Å². The lowest BCUT2D eigenvalue weighted by Crippen LogP contribution is -2.31. The van der Waals surface area contributed by atoms with Gasteiger partial charge in [0.25, 0.3) is 17.7 Å². The molecule has 0 aromatic heterocycles. The number of para-hydroxylation sites is 1. The number of benzene rings is 3. The van der Waals surface area contributed by atoms with Gasteiger partial charge in [-0.2, -0.15) is 0 Å². The lowest BCUT2D eigenvalue weighted by Gasteiger charge is -2.13. The first-order chi connectivity index (χ1) is 13.6. The third kappa shape index (κ3) is 3.42. The van der Waals surface area contributed by atoms with E-state index in [-0.39, 0.29) is 23.3 Å². The molecule has 28 heavy (non-hydrogen) atoms. The van der Waals surface area contributed by atoms with Crippen LogP contribution in [0, 0.1) is 0 Å². The molecule has 1 N–H and O–H groups in total. The van der Waals surface area contributed by atoms with Gasteiger partial charge >= 0.3 is 0 Å². The van der Waals surface area contributed by atoms with E-state index in [0.717, 1.165) is 5.56 Å². The van der Waals surface area contributed by atoms with Crippen molar-refractivity contribution in [1.82, 2.24) is 4.90 Å². The van der Waals surface area contributed by atoms with E-state index in [1.54, 1.807) is 24.3 Å². The minimum Gasteiger partial charge on any atom is -0.322 e. The molecule has 0 fully saturated rings. The number of amides is 3. The maximum Gasteiger partial charge on any atom is 0.261 e. The van der Waals surface area contributed by atoms with Crippen molar-refractivity contribution >= 4 is 23.4 Å². The lowest BCUT2D eigenvalue weighted by molar-refractivity contribution is 0.0656. The van der Waals surface area contributed by atoms with E-state index in [0.29, 0.717) is 29.8 Å². The zero-order valence-electron chi connectivity index (χ0n) is 15.1. The highest BCUT2D eigenvalue weighted by Crippen LogP contribution is 2.25. The van der Waals surface area contributed by atoms with Gasteiger partial charge in [0, 0.05) is 17.8 Å². The van der Waals surface area contributed by atoms with E-state index in [4.69, 9.17) is 0 Å². The van der Waals surface area contributed by atoms with Gasteiger partial charge in [-0.3, -0.25) is 19.3 Å². The molecule has 3 aromatic rings. The Labute approximate surface area is 162 Å². The number of carbonyl (C=O) groups is 3. The molecule has 0 atom stereocenters. The molecule has 1 heterocycles. The predicted octanol–water partition coefficient (Wildman–Crippen LogP) is 3.78. The largest absolute Gasteiger partial charge is 0.322 e. The topological polar surface area (TPSA) is 66.5 Å². The molecule has 0 saturated heterocycles. The number of hydrogen-bond donors (Lipinski definition) is 1. The van der Waals surface area contributed by atoms with Crippen molar-refractivity contribution in [2.24, 2.45) is 0 Å². The summed E-state index contributed by atoms with van der Waals surface area (Å²) in [4.78, 5) is 39.1. The number of nitrogens with zero attached hydrogens (tertiary/aromatic N) is 1. The Morgan fingerprint density at radius 2 is 1.43 bits per heavy atom. The van der Waals surface area contributed by atoms with Crippen molar-refractivity contribution in [1.29, 1.82) is 0 Å². The van der Waals surface area contributed by atoms with Crippen LogP contribution >= 0.6 is 0 Å². The summed E-state index contributed by atoms with van der Waals surface area (Å²) in [6.07, 6.45) is 0.591. The van der Waals surface area contributed by atoms with E-state index in [2.05, 4.69) is 5.32 Å². The van der Waals surface area contributed by atoms with Crippen molar-refractivity contribution in [3.05, 3.63) is 101 Å². The number of anilines is 1. The zero-order valence-corrected chi connectivity index (χ0v) is 15.1. The maximum absolute atomic E-state index is 12.7. The van der Waals surface area contributed by atoms with E-state index >= 15 is 0 Å². The van der Waals surface area contributed by atoms with Gasteiger partial charge in [-0.25, -0.2) is 0 Å². The van der Waals surface area contributed by atoms with Crippen LogP contribution in [-0.2, 0) is 6.42 Å². The van der Waals surface area contributed by atoms with Crippen LogP contribution in [0.5, 0.6) is 0 Å². The second-order valence-electron chi connectivity index (χ2n) is 6.58. The second-order valence-corrected chi connectivity index (χ2v) is 6.58. The third-order valence-electron chi connectivity index (χ3n) is 4.73. The van der Waals surface area contributed by atoms with Crippen LogP contribution in [0.1, 0.15) is 36.6 Å². The normalized spacial score (nSPS) is 12.8. The number of fused-ring (bicyclic) bond motifs is 1. The van der Waals surface area contributed by atoms with E-state index < -0.39 is 0 Å². The van der Waals surface area contributed by atoms with Crippen molar-refractivity contribution in [2.75, 3.05) is 11.9 Å². The number of rotatable bonds is 5. The zero-order chi connectivity index (χ0) is 19.5. The summed E-state index contributed by atoms with van der Waals surface area (Å²) in [5.41, 5.74) is 2.68. The van der Waals surface area contributed by atoms with Gasteiger partial charge in [0.1, 0.15) is 0 Å². The van der Waals surface area contributed by atoms with Gasteiger partial charge in [0.15, 0.2) is 0 Å². The number of imide groups is 1. The van der Waals surface area contributed by atoms with Crippen molar-refractivity contribution in [2.45, 2.75) is 6.42 Å². The predicted molar refractivity (Wildman–Crippen MR) is 106 cm³/mol. The molecule has 5 nitrogen and oxygen atoms in total. The molecule has 5 heteroatoms. The van der Waals surface area contributed by atoms with E-state index in [9.17, 15) is 14.4 Å². The molecule has 138 valence electrons. The molecular weight excluding hydrogens is 352 g/mol. The van der Waals surface area contributed by atoms with E-state index in [1.165, 1.54) is 11.0 Å². The Hall–Kier alpha value is -3.73. The molecule has 0 radical (unpaired) electrons. The number of carbonyl (C=O) groups excluding carboxylic acids is 3. The first-order valence-corrected chi connectivity index (χ1v) is 9.04. The highest BCUT2D eigenvalue weighted by Gasteiger charge is 2.35. The van der Waals surface area contributed by atoms with E-state index in [1.807, 2.05) is 48.5 Å². The summed E-state index contributed by atoms with van der Waals surface area (Å²) in [5.74, 6) is -0.992. The standard InChI is InChI=1S/C23H18N2O3/c26-21(24-18-9-5-2-6-10-18)17-11-12-19-20(15-17)23(28)25(22(19)27)14-13-16-7-3-1-4-8-16/h1-12,15H,13-14H2,(H,24,26). The number of hydrogen-bond acceptors (Lipinski definition) is 3. The van der Waals surface area contributed by atoms with Gasteiger partial charge in [-0.05, 0) is 42.3 Å². The number of nitrogens with one attached hydrogen (secondary N) is 1. The van der Waals surface area contributed by atoms with Crippen LogP contribution in [0.25, 0.3) is 0 Å². The monoisotopic (exact) mass is 370 g/mol. The van der Waals surface area contributed by atoms with Gasteiger partial charge < -0.3 is 5.32 Å². The summed E-state index contributed by atoms with van der Waals surface area (Å²) in [5, 5.41) is 2.78. The molecule has 3 aromatic carbocycles. The minimum atomic E-state index is -0.356. The second kappa shape index (κ2) is 7.48. The maximum atomic E-state index is 12.7.